The summed E-state index contributed by atoms with van der Waals surface area (Å²) in [5.74, 6) is -0.177. The minimum atomic E-state index is -0.177. The smallest absolute Gasteiger partial charge is 0.270 e. The number of benzene rings is 1. The van der Waals surface area contributed by atoms with Gasteiger partial charge in [-0.1, -0.05) is 23.7 Å². The maximum absolute atomic E-state index is 11.8. The summed E-state index contributed by atoms with van der Waals surface area (Å²) in [6, 6.07) is 11.0. The molecule has 5 heteroatoms. The normalized spacial score (nSPS) is 10.4. The first-order valence-electron chi connectivity index (χ1n) is 6.34. The molecule has 0 saturated carbocycles. The van der Waals surface area contributed by atoms with Crippen molar-refractivity contribution in [2.75, 3.05) is 5.32 Å². The minimum Gasteiger partial charge on any atom is -0.353 e. The lowest BCUT2D eigenvalue weighted by molar-refractivity contribution is 0.0938. The van der Waals surface area contributed by atoms with Gasteiger partial charge >= 0.3 is 0 Å². The van der Waals surface area contributed by atoms with Crippen LogP contribution in [0.25, 0.3) is 0 Å². The van der Waals surface area contributed by atoms with Gasteiger partial charge < -0.3 is 10.6 Å². The van der Waals surface area contributed by atoms with Crippen LogP contribution in [0.2, 0.25) is 5.02 Å². The third-order valence-electron chi connectivity index (χ3n) is 2.57. The van der Waals surface area contributed by atoms with E-state index >= 15 is 0 Å². The highest BCUT2D eigenvalue weighted by atomic mass is 35.5. The van der Waals surface area contributed by atoms with Gasteiger partial charge in [0, 0.05) is 6.04 Å². The van der Waals surface area contributed by atoms with E-state index in [4.69, 9.17) is 11.6 Å². The molecular weight excluding hydrogens is 274 g/mol. The number of aromatic nitrogens is 1. The van der Waals surface area contributed by atoms with Gasteiger partial charge in [0.2, 0.25) is 0 Å². The van der Waals surface area contributed by atoms with Crippen molar-refractivity contribution in [3.05, 3.63) is 53.3 Å². The van der Waals surface area contributed by atoms with Crippen LogP contribution in [0, 0.1) is 0 Å². The second kappa shape index (κ2) is 6.39. The summed E-state index contributed by atoms with van der Waals surface area (Å²) in [5, 5.41) is 6.58. The summed E-state index contributed by atoms with van der Waals surface area (Å²) < 4.78 is 0. The van der Waals surface area contributed by atoms with Gasteiger partial charge in [0.05, 0.1) is 22.6 Å². The number of halogens is 1. The lowest BCUT2D eigenvalue weighted by Crippen LogP contribution is -2.30. The summed E-state index contributed by atoms with van der Waals surface area (Å²) >= 11 is 6.07. The number of amides is 1. The van der Waals surface area contributed by atoms with Crippen LogP contribution in [-0.2, 0) is 0 Å². The number of hydrogen-bond acceptors (Lipinski definition) is 3. The summed E-state index contributed by atoms with van der Waals surface area (Å²) in [5.41, 5.74) is 1.97. The van der Waals surface area contributed by atoms with Crippen LogP contribution in [0.4, 0.5) is 11.4 Å². The standard InChI is InChI=1S/C15H16ClN3O/c1-10(2)18-15(20)14-8-7-11(9-17-14)19-13-6-4-3-5-12(13)16/h3-10,19H,1-2H3,(H,18,20). The number of nitrogens with one attached hydrogen (secondary N) is 2. The molecule has 2 aromatic rings. The molecule has 1 aromatic heterocycles. The average molecular weight is 290 g/mol. The van der Waals surface area contributed by atoms with E-state index in [1.165, 1.54) is 0 Å². The number of pyridine rings is 1. The molecule has 0 unspecified atom stereocenters. The highest BCUT2D eigenvalue weighted by Gasteiger charge is 2.08. The van der Waals surface area contributed by atoms with Crippen molar-refractivity contribution in [3.63, 3.8) is 0 Å². The van der Waals surface area contributed by atoms with Gasteiger partial charge in [-0.2, -0.15) is 0 Å². The molecule has 0 bridgehead atoms. The highest BCUT2D eigenvalue weighted by Crippen LogP contribution is 2.24. The Kier molecular flexibility index (Phi) is 4.58. The van der Waals surface area contributed by atoms with Crippen molar-refractivity contribution in [2.45, 2.75) is 19.9 Å². The molecule has 2 rings (SSSR count). The molecule has 0 saturated heterocycles. The Balaban J connectivity index is 2.09. The van der Waals surface area contributed by atoms with E-state index in [2.05, 4.69) is 15.6 Å². The molecule has 20 heavy (non-hydrogen) atoms. The zero-order chi connectivity index (χ0) is 14.5. The predicted octanol–water partition coefficient (Wildman–Crippen LogP) is 3.62. The van der Waals surface area contributed by atoms with E-state index in [9.17, 15) is 4.79 Å². The molecular formula is C15H16ClN3O. The zero-order valence-electron chi connectivity index (χ0n) is 11.4. The summed E-state index contributed by atoms with van der Waals surface area (Å²) in [4.78, 5) is 15.9. The van der Waals surface area contributed by atoms with Crippen molar-refractivity contribution in [1.29, 1.82) is 0 Å². The highest BCUT2D eigenvalue weighted by molar-refractivity contribution is 6.33. The first-order chi connectivity index (χ1) is 9.56. The van der Waals surface area contributed by atoms with Crippen LogP contribution in [0.5, 0.6) is 0 Å². The predicted molar refractivity (Wildman–Crippen MR) is 81.6 cm³/mol. The third-order valence-corrected chi connectivity index (χ3v) is 2.90. The van der Waals surface area contributed by atoms with Gasteiger partial charge in [-0.25, -0.2) is 4.98 Å². The molecule has 2 N–H and O–H groups in total. The van der Waals surface area contributed by atoms with Gasteiger partial charge in [-0.05, 0) is 38.1 Å². The summed E-state index contributed by atoms with van der Waals surface area (Å²) in [7, 11) is 0. The van der Waals surface area contributed by atoms with E-state index in [1.807, 2.05) is 38.1 Å². The van der Waals surface area contributed by atoms with Gasteiger partial charge in [0.15, 0.2) is 0 Å². The third kappa shape index (κ3) is 3.71. The Morgan fingerprint density at radius 3 is 2.55 bits per heavy atom. The molecule has 0 aliphatic carbocycles. The lowest BCUT2D eigenvalue weighted by atomic mass is 10.2. The number of anilines is 2. The summed E-state index contributed by atoms with van der Waals surface area (Å²) in [6.45, 7) is 3.82. The van der Waals surface area contributed by atoms with Crippen LogP contribution in [0.15, 0.2) is 42.6 Å². The minimum absolute atomic E-state index is 0.0882. The van der Waals surface area contributed by atoms with Crippen LogP contribution in [-0.4, -0.2) is 16.9 Å². The molecule has 0 aliphatic heterocycles. The topological polar surface area (TPSA) is 54.0 Å². The Labute approximate surface area is 123 Å². The molecule has 1 amide bonds. The van der Waals surface area contributed by atoms with E-state index in [0.29, 0.717) is 10.7 Å². The monoisotopic (exact) mass is 289 g/mol. The molecule has 0 fully saturated rings. The number of carbonyl (C=O) groups is 1. The first kappa shape index (κ1) is 14.3. The number of nitrogens with zero attached hydrogens (tertiary/aromatic N) is 1. The first-order valence-corrected chi connectivity index (χ1v) is 6.72. The van der Waals surface area contributed by atoms with E-state index in [1.54, 1.807) is 18.3 Å². The Morgan fingerprint density at radius 2 is 1.95 bits per heavy atom. The van der Waals surface area contributed by atoms with Crippen molar-refractivity contribution < 1.29 is 4.79 Å². The Hall–Kier alpha value is -2.07. The average Bonchev–Trinajstić information content (AvgIpc) is 2.41. The number of hydrogen-bond donors (Lipinski definition) is 2. The maximum Gasteiger partial charge on any atom is 0.270 e. The van der Waals surface area contributed by atoms with Gasteiger partial charge in [0.1, 0.15) is 5.69 Å². The van der Waals surface area contributed by atoms with Crippen LogP contribution in [0.1, 0.15) is 24.3 Å². The summed E-state index contributed by atoms with van der Waals surface area (Å²) in [6.07, 6.45) is 1.61. The lowest BCUT2D eigenvalue weighted by Gasteiger charge is -2.10. The SMILES string of the molecule is CC(C)NC(=O)c1ccc(Nc2ccccc2Cl)cn1. The van der Waals surface area contributed by atoms with Gasteiger partial charge in [-0.3, -0.25) is 4.79 Å². The fourth-order valence-electron chi connectivity index (χ4n) is 1.66. The van der Waals surface area contributed by atoms with Crippen molar-refractivity contribution in [1.82, 2.24) is 10.3 Å². The molecule has 0 spiro atoms. The quantitative estimate of drug-likeness (QED) is 0.904. The fourth-order valence-corrected chi connectivity index (χ4v) is 1.84. The molecule has 1 heterocycles. The van der Waals surface area contributed by atoms with Crippen LogP contribution >= 0.6 is 11.6 Å². The molecule has 4 nitrogen and oxygen atoms in total. The molecule has 104 valence electrons. The van der Waals surface area contributed by atoms with E-state index in [0.717, 1.165) is 11.4 Å². The molecule has 0 aliphatic rings. The number of para-hydroxylation sites is 1. The van der Waals surface area contributed by atoms with Crippen molar-refractivity contribution >= 4 is 28.9 Å². The Bertz CT molecular complexity index is 596. The molecule has 1 aromatic carbocycles. The number of carbonyl (C=O) groups excluding carboxylic acids is 1. The van der Waals surface area contributed by atoms with Crippen molar-refractivity contribution in [3.8, 4) is 0 Å². The largest absolute Gasteiger partial charge is 0.353 e. The zero-order valence-corrected chi connectivity index (χ0v) is 12.1. The van der Waals surface area contributed by atoms with E-state index < -0.39 is 0 Å². The van der Waals surface area contributed by atoms with Crippen molar-refractivity contribution in [2.24, 2.45) is 0 Å². The maximum atomic E-state index is 11.8. The van der Waals surface area contributed by atoms with Gasteiger partial charge in [0.25, 0.3) is 5.91 Å². The molecule has 0 atom stereocenters. The van der Waals surface area contributed by atoms with E-state index in [-0.39, 0.29) is 11.9 Å². The van der Waals surface area contributed by atoms with Crippen LogP contribution < -0.4 is 10.6 Å². The molecule has 0 radical (unpaired) electrons. The second-order valence-electron chi connectivity index (χ2n) is 4.67. The number of rotatable bonds is 4. The Morgan fingerprint density at radius 1 is 1.20 bits per heavy atom. The fraction of sp³-hybridized carbons (Fsp3) is 0.200. The van der Waals surface area contributed by atoms with Crippen LogP contribution in [0.3, 0.4) is 0 Å². The van der Waals surface area contributed by atoms with Gasteiger partial charge in [-0.15, -0.1) is 0 Å². The second-order valence-corrected chi connectivity index (χ2v) is 5.07.